The molecule has 2 atom stereocenters. The number of thiocarbonyl (C=S) groups is 1. The Kier molecular flexibility index (Phi) is 6.11. The number of rotatable bonds is 7. The van der Waals surface area contributed by atoms with Crippen LogP contribution in [0.3, 0.4) is 0 Å². The summed E-state index contributed by atoms with van der Waals surface area (Å²) in [5.41, 5.74) is 4.54. The van der Waals surface area contributed by atoms with Crippen molar-refractivity contribution >= 4 is 17.3 Å². The number of aromatic nitrogens is 3. The Hall–Kier alpha value is -2.77. The van der Waals surface area contributed by atoms with Crippen molar-refractivity contribution in [2.75, 3.05) is 20.3 Å². The van der Waals surface area contributed by atoms with Crippen LogP contribution in [0.25, 0.3) is 5.82 Å². The summed E-state index contributed by atoms with van der Waals surface area (Å²) in [7, 11) is 1.73. The fourth-order valence-corrected chi connectivity index (χ4v) is 4.62. The number of ether oxygens (including phenoxy) is 1. The summed E-state index contributed by atoms with van der Waals surface area (Å²) in [4.78, 5) is 11.5. The molecule has 4 rings (SSSR count). The summed E-state index contributed by atoms with van der Waals surface area (Å²) in [6.45, 7) is 5.80. The number of methoxy groups -OCH3 is 1. The first-order chi connectivity index (χ1) is 14.6. The summed E-state index contributed by atoms with van der Waals surface area (Å²) < 4.78 is 7.49. The Balaban J connectivity index is 1.78. The quantitative estimate of drug-likeness (QED) is 0.461. The maximum atomic E-state index is 5.75. The van der Waals surface area contributed by atoms with Crippen molar-refractivity contribution in [3.05, 3.63) is 77.5 Å². The van der Waals surface area contributed by atoms with Crippen LogP contribution in [0.15, 0.2) is 54.9 Å². The summed E-state index contributed by atoms with van der Waals surface area (Å²) >= 11 is 5.75. The standard InChI is InChI=1S/C23H27N5OS/c1-16-15-18(17(2)28(16)20-10-5-7-12-25-20)22-21(19-9-4-6-11-24-19)26-23(30)27(22)13-8-14-29-3/h4-7,9-12,15,21-22H,8,13-14H2,1-3H3,(H,26,30)/t21-,22+/m1/s1. The van der Waals surface area contributed by atoms with Gasteiger partial charge in [-0.3, -0.25) is 4.98 Å². The van der Waals surface area contributed by atoms with Crippen LogP contribution >= 0.6 is 12.2 Å². The number of aryl methyl sites for hydroxylation is 1. The molecule has 0 bridgehead atoms. The number of pyridine rings is 2. The molecule has 3 aromatic rings. The predicted octanol–water partition coefficient (Wildman–Crippen LogP) is 3.89. The molecule has 0 radical (unpaired) electrons. The molecule has 0 aromatic carbocycles. The molecule has 0 amide bonds. The zero-order chi connectivity index (χ0) is 21.1. The highest BCUT2D eigenvalue weighted by Gasteiger charge is 2.41. The zero-order valence-electron chi connectivity index (χ0n) is 17.6. The van der Waals surface area contributed by atoms with Crippen LogP contribution in [-0.4, -0.2) is 44.8 Å². The van der Waals surface area contributed by atoms with Crippen LogP contribution in [0.1, 0.15) is 41.1 Å². The van der Waals surface area contributed by atoms with E-state index in [2.05, 4.69) is 50.7 Å². The number of hydrogen-bond donors (Lipinski definition) is 1. The molecular formula is C23H27N5OS. The summed E-state index contributed by atoms with van der Waals surface area (Å²) in [6, 6.07) is 14.3. The number of nitrogens with one attached hydrogen (secondary N) is 1. The molecule has 1 aliphatic heterocycles. The first-order valence-electron chi connectivity index (χ1n) is 10.2. The Bertz CT molecular complexity index is 1010. The Morgan fingerprint density at radius 1 is 1.10 bits per heavy atom. The van der Waals surface area contributed by atoms with Crippen molar-refractivity contribution in [1.29, 1.82) is 0 Å². The molecule has 156 valence electrons. The van der Waals surface area contributed by atoms with E-state index < -0.39 is 0 Å². The molecule has 1 aliphatic rings. The van der Waals surface area contributed by atoms with Gasteiger partial charge in [0.1, 0.15) is 5.82 Å². The second-order valence-electron chi connectivity index (χ2n) is 7.52. The molecule has 0 saturated carbocycles. The minimum atomic E-state index is -0.0149. The van der Waals surface area contributed by atoms with E-state index >= 15 is 0 Å². The molecule has 4 heterocycles. The van der Waals surface area contributed by atoms with Crippen molar-refractivity contribution in [2.24, 2.45) is 0 Å². The Morgan fingerprint density at radius 3 is 2.53 bits per heavy atom. The Labute approximate surface area is 182 Å². The molecule has 3 aromatic heterocycles. The molecule has 1 saturated heterocycles. The van der Waals surface area contributed by atoms with Crippen molar-refractivity contribution in [2.45, 2.75) is 32.4 Å². The fourth-order valence-electron chi connectivity index (χ4n) is 4.29. The van der Waals surface area contributed by atoms with Crippen molar-refractivity contribution in [3.8, 4) is 5.82 Å². The van der Waals surface area contributed by atoms with Gasteiger partial charge in [-0.05, 0) is 68.4 Å². The number of hydrogen-bond acceptors (Lipinski definition) is 4. The third-order valence-electron chi connectivity index (χ3n) is 5.61. The third-order valence-corrected chi connectivity index (χ3v) is 5.96. The van der Waals surface area contributed by atoms with Crippen LogP contribution in [0.4, 0.5) is 0 Å². The van der Waals surface area contributed by atoms with E-state index in [0.717, 1.165) is 35.3 Å². The fraction of sp³-hybridized carbons (Fsp3) is 0.348. The second-order valence-corrected chi connectivity index (χ2v) is 7.90. The van der Waals surface area contributed by atoms with Crippen LogP contribution in [-0.2, 0) is 4.74 Å². The molecule has 0 aliphatic carbocycles. The first-order valence-corrected chi connectivity index (χ1v) is 10.6. The maximum absolute atomic E-state index is 5.75. The predicted molar refractivity (Wildman–Crippen MR) is 122 cm³/mol. The monoisotopic (exact) mass is 421 g/mol. The molecule has 1 N–H and O–H groups in total. The van der Waals surface area contributed by atoms with E-state index in [4.69, 9.17) is 17.0 Å². The van der Waals surface area contributed by atoms with E-state index in [0.29, 0.717) is 6.61 Å². The van der Waals surface area contributed by atoms with Gasteiger partial charge < -0.3 is 19.5 Å². The largest absolute Gasteiger partial charge is 0.385 e. The van der Waals surface area contributed by atoms with Gasteiger partial charge in [0.25, 0.3) is 0 Å². The molecule has 6 nitrogen and oxygen atoms in total. The zero-order valence-corrected chi connectivity index (χ0v) is 18.4. The van der Waals surface area contributed by atoms with Crippen LogP contribution in [0, 0.1) is 13.8 Å². The molecule has 0 spiro atoms. The molecule has 30 heavy (non-hydrogen) atoms. The minimum Gasteiger partial charge on any atom is -0.385 e. The smallest absolute Gasteiger partial charge is 0.170 e. The Morgan fingerprint density at radius 2 is 1.87 bits per heavy atom. The van der Waals surface area contributed by atoms with Crippen LogP contribution in [0.5, 0.6) is 0 Å². The lowest BCUT2D eigenvalue weighted by atomic mass is 9.96. The van der Waals surface area contributed by atoms with Gasteiger partial charge in [-0.15, -0.1) is 0 Å². The van der Waals surface area contributed by atoms with Gasteiger partial charge in [-0.2, -0.15) is 0 Å². The summed E-state index contributed by atoms with van der Waals surface area (Å²) in [5.74, 6) is 0.924. The molecule has 1 fully saturated rings. The normalized spacial score (nSPS) is 18.6. The maximum Gasteiger partial charge on any atom is 0.170 e. The average Bonchev–Trinajstić information content (AvgIpc) is 3.25. The van der Waals surface area contributed by atoms with Crippen LogP contribution < -0.4 is 5.32 Å². The van der Waals surface area contributed by atoms with Gasteiger partial charge in [-0.25, -0.2) is 4.98 Å². The lowest BCUT2D eigenvalue weighted by molar-refractivity contribution is 0.180. The van der Waals surface area contributed by atoms with Gasteiger partial charge >= 0.3 is 0 Å². The third kappa shape index (κ3) is 3.82. The highest BCUT2D eigenvalue weighted by molar-refractivity contribution is 7.80. The van der Waals surface area contributed by atoms with E-state index in [1.54, 1.807) is 7.11 Å². The first kappa shape index (κ1) is 20.5. The van der Waals surface area contributed by atoms with Gasteiger partial charge in [0.2, 0.25) is 0 Å². The highest BCUT2D eigenvalue weighted by Crippen LogP contribution is 2.41. The molecule has 7 heteroatoms. The van der Waals surface area contributed by atoms with E-state index in [-0.39, 0.29) is 12.1 Å². The van der Waals surface area contributed by atoms with Crippen molar-refractivity contribution in [3.63, 3.8) is 0 Å². The second kappa shape index (κ2) is 8.93. The van der Waals surface area contributed by atoms with E-state index in [9.17, 15) is 0 Å². The lowest BCUT2D eigenvalue weighted by Crippen LogP contribution is -2.31. The SMILES string of the molecule is COCCCN1C(=S)N[C@H](c2ccccn2)[C@@H]1c1cc(C)n(-c2ccccn2)c1C. The summed E-state index contributed by atoms with van der Waals surface area (Å²) in [5, 5.41) is 4.28. The topological polar surface area (TPSA) is 55.2 Å². The average molecular weight is 422 g/mol. The lowest BCUT2D eigenvalue weighted by Gasteiger charge is -2.28. The van der Waals surface area contributed by atoms with Gasteiger partial charge in [-0.1, -0.05) is 12.1 Å². The number of nitrogens with zero attached hydrogens (tertiary/aromatic N) is 4. The van der Waals surface area contributed by atoms with E-state index in [1.165, 1.54) is 11.3 Å². The minimum absolute atomic E-state index is 0.0149. The van der Waals surface area contributed by atoms with E-state index in [1.807, 2.05) is 42.7 Å². The van der Waals surface area contributed by atoms with Gasteiger partial charge in [0.05, 0.1) is 17.8 Å². The van der Waals surface area contributed by atoms with Crippen molar-refractivity contribution < 1.29 is 4.74 Å². The van der Waals surface area contributed by atoms with Crippen molar-refractivity contribution in [1.82, 2.24) is 24.8 Å². The van der Waals surface area contributed by atoms with Crippen LogP contribution in [0.2, 0.25) is 0 Å². The molecule has 0 unspecified atom stereocenters. The van der Waals surface area contributed by atoms with Gasteiger partial charge in [0, 0.05) is 44.0 Å². The molecular weight excluding hydrogens is 394 g/mol. The summed E-state index contributed by atoms with van der Waals surface area (Å²) in [6.07, 6.45) is 4.57. The van der Waals surface area contributed by atoms with Gasteiger partial charge in [0.15, 0.2) is 5.11 Å². The highest BCUT2D eigenvalue weighted by atomic mass is 32.1.